The smallest absolute Gasteiger partial charge is 0.209 e. The molecule has 0 bridgehead atoms. The molecule has 0 amide bonds. The number of aromatic nitrogens is 4. The van der Waals surface area contributed by atoms with Gasteiger partial charge in [-0.25, -0.2) is 9.07 Å². The highest BCUT2D eigenvalue weighted by Crippen LogP contribution is 2.17. The minimum Gasteiger partial charge on any atom is -0.328 e. The fraction of sp³-hybridized carbons (Fsp3) is 0.588. The Balaban J connectivity index is 1.81. The molecule has 1 aliphatic heterocycles. The van der Waals surface area contributed by atoms with Crippen molar-refractivity contribution < 1.29 is 14.2 Å². The number of rotatable bonds is 5. The van der Waals surface area contributed by atoms with E-state index < -0.39 is 0 Å². The second-order valence-corrected chi connectivity index (χ2v) is 7.16. The van der Waals surface area contributed by atoms with E-state index in [0.29, 0.717) is 12.5 Å². The molecule has 1 atom stereocenters. The number of benzene rings is 1. The number of hydrogen-bond donors (Lipinski definition) is 2. The van der Waals surface area contributed by atoms with E-state index in [1.807, 2.05) is 4.68 Å². The van der Waals surface area contributed by atoms with Crippen LogP contribution in [0, 0.1) is 11.7 Å². The van der Waals surface area contributed by atoms with Crippen molar-refractivity contribution in [3.63, 3.8) is 0 Å². The third-order valence-electron chi connectivity index (χ3n) is 4.94. The van der Waals surface area contributed by atoms with Crippen molar-refractivity contribution in [1.29, 1.82) is 0 Å². The normalized spacial score (nSPS) is 22.7. The lowest BCUT2D eigenvalue weighted by molar-refractivity contribution is -1.02. The van der Waals surface area contributed by atoms with Gasteiger partial charge in [-0.2, -0.15) is 0 Å². The molecular formula is C17H27FN6+2. The van der Waals surface area contributed by atoms with Gasteiger partial charge in [0.25, 0.3) is 0 Å². The monoisotopic (exact) mass is 334 g/mol. The standard InChI is InChI=1S/C17H25FN6/c1-13(2)16(23-10-8-22(3)9-11-23)17-19-20-21-24(17)12-14-4-6-15(18)7-5-14/h4-7,13,16H,8-12H2,1-3H3/p+2/t16-/m1/s1. The molecule has 2 N–H and O–H groups in total. The third kappa shape index (κ3) is 3.79. The van der Waals surface area contributed by atoms with Gasteiger partial charge in [-0.05, 0) is 28.1 Å². The fourth-order valence-corrected chi connectivity index (χ4v) is 3.57. The number of hydrogen-bond acceptors (Lipinski definition) is 3. The minimum absolute atomic E-state index is 0.222. The molecule has 1 saturated heterocycles. The Morgan fingerprint density at radius 1 is 1.12 bits per heavy atom. The maximum absolute atomic E-state index is 13.1. The molecule has 7 heteroatoms. The van der Waals surface area contributed by atoms with Crippen LogP contribution in [-0.4, -0.2) is 53.4 Å². The zero-order valence-electron chi connectivity index (χ0n) is 14.7. The second kappa shape index (κ2) is 7.36. The second-order valence-electron chi connectivity index (χ2n) is 7.16. The van der Waals surface area contributed by atoms with Gasteiger partial charge in [0.15, 0.2) is 6.04 Å². The molecule has 0 radical (unpaired) electrons. The van der Waals surface area contributed by atoms with Gasteiger partial charge in [0.2, 0.25) is 5.82 Å². The van der Waals surface area contributed by atoms with Crippen LogP contribution in [0.15, 0.2) is 24.3 Å². The van der Waals surface area contributed by atoms with Gasteiger partial charge in [0.1, 0.15) is 32.0 Å². The summed E-state index contributed by atoms with van der Waals surface area (Å²) in [6.45, 7) is 9.68. The molecule has 2 heterocycles. The summed E-state index contributed by atoms with van der Waals surface area (Å²) < 4.78 is 15.0. The zero-order chi connectivity index (χ0) is 17.1. The first-order valence-corrected chi connectivity index (χ1v) is 8.71. The summed E-state index contributed by atoms with van der Waals surface area (Å²) in [6.07, 6.45) is 0. The van der Waals surface area contributed by atoms with Gasteiger partial charge in [-0.1, -0.05) is 26.0 Å². The average molecular weight is 334 g/mol. The van der Waals surface area contributed by atoms with Crippen LogP contribution in [0.2, 0.25) is 0 Å². The SMILES string of the molecule is CC(C)[C@H](c1nnnn1Cc1ccc(F)cc1)[NH+]1CC[NH+](C)CC1. The van der Waals surface area contributed by atoms with Crippen molar-refractivity contribution in [1.82, 2.24) is 20.2 Å². The lowest BCUT2D eigenvalue weighted by Crippen LogP contribution is -3.27. The quantitative estimate of drug-likeness (QED) is 0.735. The van der Waals surface area contributed by atoms with Crippen molar-refractivity contribution in [2.75, 3.05) is 33.2 Å². The van der Waals surface area contributed by atoms with E-state index in [1.54, 1.807) is 21.9 Å². The molecule has 0 unspecified atom stereocenters. The average Bonchev–Trinajstić information content (AvgIpc) is 2.99. The summed E-state index contributed by atoms with van der Waals surface area (Å²) in [7, 11) is 2.25. The molecule has 3 rings (SSSR count). The van der Waals surface area contributed by atoms with E-state index in [0.717, 1.165) is 24.5 Å². The summed E-state index contributed by atoms with van der Waals surface area (Å²) in [5, 5.41) is 12.5. The van der Waals surface area contributed by atoms with Gasteiger partial charge in [-0.15, -0.1) is 5.10 Å². The van der Waals surface area contributed by atoms with E-state index in [9.17, 15) is 4.39 Å². The number of likely N-dealkylation sites (N-methyl/N-ethyl adjacent to an activating group) is 1. The van der Waals surface area contributed by atoms with Crippen LogP contribution in [0.3, 0.4) is 0 Å². The number of nitrogens with one attached hydrogen (secondary N) is 2. The molecule has 0 spiro atoms. The molecule has 0 saturated carbocycles. The largest absolute Gasteiger partial charge is 0.328 e. The Morgan fingerprint density at radius 2 is 1.79 bits per heavy atom. The van der Waals surface area contributed by atoms with Crippen LogP contribution in [0.25, 0.3) is 0 Å². The van der Waals surface area contributed by atoms with Crippen LogP contribution in [0.4, 0.5) is 4.39 Å². The van der Waals surface area contributed by atoms with Gasteiger partial charge < -0.3 is 9.80 Å². The maximum atomic E-state index is 13.1. The topological polar surface area (TPSA) is 52.5 Å². The van der Waals surface area contributed by atoms with Crippen molar-refractivity contribution >= 4 is 0 Å². The molecule has 0 aliphatic carbocycles. The Labute approximate surface area is 142 Å². The summed E-state index contributed by atoms with van der Waals surface area (Å²) in [6, 6.07) is 6.82. The van der Waals surface area contributed by atoms with Crippen LogP contribution >= 0.6 is 0 Å². The molecule has 24 heavy (non-hydrogen) atoms. The van der Waals surface area contributed by atoms with Crippen molar-refractivity contribution in [2.45, 2.75) is 26.4 Å². The molecule has 1 aromatic carbocycles. The molecule has 130 valence electrons. The van der Waals surface area contributed by atoms with Crippen molar-refractivity contribution in [3.8, 4) is 0 Å². The van der Waals surface area contributed by atoms with E-state index in [1.165, 1.54) is 25.2 Å². The number of tetrazole rings is 1. The lowest BCUT2D eigenvalue weighted by Gasteiger charge is -2.34. The first-order valence-electron chi connectivity index (χ1n) is 8.71. The number of quaternary nitrogens is 2. The zero-order valence-corrected chi connectivity index (χ0v) is 14.7. The Hall–Kier alpha value is -1.86. The highest BCUT2D eigenvalue weighted by molar-refractivity contribution is 5.16. The lowest BCUT2D eigenvalue weighted by atomic mass is 10.0. The fourth-order valence-electron chi connectivity index (χ4n) is 3.57. The molecule has 2 aromatic rings. The van der Waals surface area contributed by atoms with Crippen LogP contribution in [-0.2, 0) is 6.54 Å². The Bertz CT molecular complexity index is 645. The first-order chi connectivity index (χ1) is 11.5. The first kappa shape index (κ1) is 17.0. The highest BCUT2D eigenvalue weighted by atomic mass is 19.1. The summed E-state index contributed by atoms with van der Waals surface area (Å²) in [5.74, 6) is 1.17. The van der Waals surface area contributed by atoms with Gasteiger partial charge >= 0.3 is 0 Å². The third-order valence-corrected chi connectivity index (χ3v) is 4.94. The molecule has 1 aliphatic rings. The van der Waals surface area contributed by atoms with Gasteiger partial charge in [0, 0.05) is 5.92 Å². The predicted molar refractivity (Wildman–Crippen MR) is 88.2 cm³/mol. The van der Waals surface area contributed by atoms with Crippen LogP contribution < -0.4 is 9.80 Å². The van der Waals surface area contributed by atoms with E-state index >= 15 is 0 Å². The molecule has 6 nitrogen and oxygen atoms in total. The summed E-state index contributed by atoms with van der Waals surface area (Å²) in [4.78, 5) is 3.15. The van der Waals surface area contributed by atoms with E-state index in [-0.39, 0.29) is 11.9 Å². The van der Waals surface area contributed by atoms with Crippen molar-refractivity contribution in [3.05, 3.63) is 41.5 Å². The molecule has 1 fully saturated rings. The van der Waals surface area contributed by atoms with Crippen LogP contribution in [0.5, 0.6) is 0 Å². The number of nitrogens with zero attached hydrogens (tertiary/aromatic N) is 4. The summed E-state index contributed by atoms with van der Waals surface area (Å²) >= 11 is 0. The van der Waals surface area contributed by atoms with E-state index in [4.69, 9.17) is 0 Å². The Kier molecular flexibility index (Phi) is 5.20. The van der Waals surface area contributed by atoms with E-state index in [2.05, 4.69) is 36.4 Å². The predicted octanol–water partition coefficient (Wildman–Crippen LogP) is -1.03. The summed E-state index contributed by atoms with van der Waals surface area (Å²) in [5.41, 5.74) is 1.00. The van der Waals surface area contributed by atoms with Crippen LogP contribution in [0.1, 0.15) is 31.3 Å². The highest BCUT2D eigenvalue weighted by Gasteiger charge is 2.35. The number of piperazine rings is 1. The van der Waals surface area contributed by atoms with Gasteiger partial charge in [-0.3, -0.25) is 0 Å². The van der Waals surface area contributed by atoms with Crippen molar-refractivity contribution in [2.24, 2.45) is 5.92 Å². The van der Waals surface area contributed by atoms with Gasteiger partial charge in [0.05, 0.1) is 13.6 Å². The number of halogens is 1. The Morgan fingerprint density at radius 3 is 2.42 bits per heavy atom. The molecule has 1 aromatic heterocycles. The maximum Gasteiger partial charge on any atom is 0.209 e. The minimum atomic E-state index is -0.222. The molecular weight excluding hydrogens is 307 g/mol.